The van der Waals surface area contributed by atoms with Gasteiger partial charge in [0.05, 0.1) is 29.5 Å². The molecule has 2 heterocycles. The first-order valence-electron chi connectivity index (χ1n) is 11.2. The maximum Gasteiger partial charge on any atom is 0.341 e. The normalized spacial score (nSPS) is 13.6. The SMILES string of the molecule is COCCn1c(=NC(=O)CS(=O)(=O)CC(=O)Nc2sc3c(c2C(=O)OC)CCC3)sc2cc(Cl)ccc21. The first-order chi connectivity index (χ1) is 17.6. The molecule has 1 aliphatic rings. The zero-order chi connectivity index (χ0) is 26.7. The monoisotopic (exact) mass is 585 g/mol. The molecule has 14 heteroatoms. The number of nitrogens with zero attached hydrogens (tertiary/aromatic N) is 2. The van der Waals surface area contributed by atoms with Crippen molar-refractivity contribution in [2.24, 2.45) is 4.99 Å². The highest BCUT2D eigenvalue weighted by Crippen LogP contribution is 2.39. The van der Waals surface area contributed by atoms with E-state index in [9.17, 15) is 22.8 Å². The summed E-state index contributed by atoms with van der Waals surface area (Å²) in [7, 11) is -1.35. The van der Waals surface area contributed by atoms with Crippen molar-refractivity contribution in [3.8, 4) is 0 Å². The van der Waals surface area contributed by atoms with Gasteiger partial charge in [0.1, 0.15) is 16.5 Å². The van der Waals surface area contributed by atoms with Gasteiger partial charge in [0.2, 0.25) is 5.91 Å². The minimum Gasteiger partial charge on any atom is -0.465 e. The Morgan fingerprint density at radius 3 is 2.68 bits per heavy atom. The van der Waals surface area contributed by atoms with E-state index in [4.69, 9.17) is 21.1 Å². The molecule has 0 spiro atoms. The number of thiazole rings is 1. The lowest BCUT2D eigenvalue weighted by Crippen LogP contribution is -2.28. The minimum absolute atomic E-state index is 0.260. The van der Waals surface area contributed by atoms with Crippen molar-refractivity contribution in [1.82, 2.24) is 4.57 Å². The van der Waals surface area contributed by atoms with Gasteiger partial charge < -0.3 is 19.4 Å². The van der Waals surface area contributed by atoms with Crippen molar-refractivity contribution >= 4 is 77.1 Å². The first kappa shape index (κ1) is 27.5. The summed E-state index contributed by atoms with van der Waals surface area (Å²) in [5, 5.41) is 3.30. The number of sulfone groups is 1. The lowest BCUT2D eigenvalue weighted by Gasteiger charge is -2.07. The Morgan fingerprint density at radius 1 is 1.16 bits per heavy atom. The molecule has 0 bridgehead atoms. The van der Waals surface area contributed by atoms with Gasteiger partial charge in [-0.2, -0.15) is 4.99 Å². The molecule has 0 saturated carbocycles. The van der Waals surface area contributed by atoms with Gasteiger partial charge in [-0.05, 0) is 43.0 Å². The number of benzene rings is 1. The van der Waals surface area contributed by atoms with Crippen LogP contribution in [0.4, 0.5) is 5.00 Å². The average molecular weight is 586 g/mol. The standard InChI is InChI=1S/C23H24ClN3O7S3/c1-33-9-8-27-15-7-6-13(24)10-17(15)36-23(27)26-19(29)12-37(31,32)11-18(28)25-21-20(22(30)34-2)14-4-3-5-16(14)35-21/h6-7,10H,3-5,8-9,11-12H2,1-2H3,(H,25,28). The molecule has 0 aliphatic heterocycles. The van der Waals surface area contributed by atoms with E-state index in [2.05, 4.69) is 10.3 Å². The largest absolute Gasteiger partial charge is 0.465 e. The lowest BCUT2D eigenvalue weighted by atomic mass is 10.1. The van der Waals surface area contributed by atoms with Gasteiger partial charge >= 0.3 is 5.97 Å². The van der Waals surface area contributed by atoms with E-state index in [0.29, 0.717) is 29.4 Å². The van der Waals surface area contributed by atoms with Crippen LogP contribution in [0, 0.1) is 0 Å². The minimum atomic E-state index is -4.14. The molecule has 4 rings (SSSR count). The number of amides is 2. The number of halogens is 1. The van der Waals surface area contributed by atoms with Crippen LogP contribution < -0.4 is 10.1 Å². The smallest absolute Gasteiger partial charge is 0.341 e. The maximum atomic E-state index is 12.6. The molecule has 2 aromatic heterocycles. The second-order valence-corrected chi connectivity index (χ2v) is 12.9. The van der Waals surface area contributed by atoms with Crippen molar-refractivity contribution in [3.63, 3.8) is 0 Å². The zero-order valence-corrected chi connectivity index (χ0v) is 23.2. The summed E-state index contributed by atoms with van der Waals surface area (Å²) >= 11 is 8.51. The number of aromatic nitrogens is 1. The summed E-state index contributed by atoms with van der Waals surface area (Å²) in [5.41, 5.74) is 1.88. The second kappa shape index (κ2) is 11.4. The molecule has 0 saturated heterocycles. The summed E-state index contributed by atoms with van der Waals surface area (Å²) in [6.45, 7) is 0.751. The quantitative estimate of drug-likeness (QED) is 0.382. The number of carbonyl (C=O) groups excluding carboxylic acids is 3. The summed E-state index contributed by atoms with van der Waals surface area (Å²) in [4.78, 5) is 42.7. The molecule has 0 unspecified atom stereocenters. The van der Waals surface area contributed by atoms with Crippen molar-refractivity contribution in [2.45, 2.75) is 25.8 Å². The number of hydrogen-bond donors (Lipinski definition) is 1. The Balaban J connectivity index is 1.50. The molecule has 0 fully saturated rings. The van der Waals surface area contributed by atoms with E-state index in [1.807, 2.05) is 0 Å². The highest BCUT2D eigenvalue weighted by molar-refractivity contribution is 7.92. The summed E-state index contributed by atoms with van der Waals surface area (Å²) in [6, 6.07) is 5.23. The topological polar surface area (TPSA) is 133 Å². The number of anilines is 1. The zero-order valence-electron chi connectivity index (χ0n) is 20.0. The van der Waals surface area contributed by atoms with E-state index in [0.717, 1.165) is 33.5 Å². The molecule has 0 radical (unpaired) electrons. The number of aryl methyl sites for hydroxylation is 1. The van der Waals surface area contributed by atoms with Crippen LogP contribution in [0.25, 0.3) is 10.2 Å². The molecule has 3 aromatic rings. The molecule has 1 aliphatic carbocycles. The average Bonchev–Trinajstić information content (AvgIpc) is 3.48. The van der Waals surface area contributed by atoms with E-state index < -0.39 is 39.1 Å². The third-order valence-electron chi connectivity index (χ3n) is 5.64. The molecule has 10 nitrogen and oxygen atoms in total. The van der Waals surface area contributed by atoms with Crippen molar-refractivity contribution in [1.29, 1.82) is 0 Å². The number of hydrogen-bond acceptors (Lipinski definition) is 9. The van der Waals surface area contributed by atoms with Crippen LogP contribution in [0.5, 0.6) is 0 Å². The van der Waals surface area contributed by atoms with Crippen molar-refractivity contribution in [3.05, 3.63) is 44.0 Å². The molecule has 1 N–H and O–H groups in total. The molecular weight excluding hydrogens is 562 g/mol. The summed E-state index contributed by atoms with van der Waals surface area (Å²) in [6.07, 6.45) is 2.37. The third-order valence-corrected chi connectivity index (χ3v) is 9.51. The highest BCUT2D eigenvalue weighted by Gasteiger charge is 2.29. The maximum absolute atomic E-state index is 12.6. The van der Waals surface area contributed by atoms with E-state index >= 15 is 0 Å². The Morgan fingerprint density at radius 2 is 1.95 bits per heavy atom. The Kier molecular flexibility index (Phi) is 8.49. The van der Waals surface area contributed by atoms with E-state index in [1.165, 1.54) is 29.8 Å². The molecule has 1 aromatic carbocycles. The highest BCUT2D eigenvalue weighted by atomic mass is 35.5. The number of esters is 1. The summed E-state index contributed by atoms with van der Waals surface area (Å²) in [5.74, 6) is -4.20. The van der Waals surface area contributed by atoms with Crippen molar-refractivity contribution < 1.29 is 32.3 Å². The Labute approximate surface area is 225 Å². The molecule has 0 atom stereocenters. The predicted octanol–water partition coefficient (Wildman–Crippen LogP) is 2.82. The predicted molar refractivity (Wildman–Crippen MR) is 142 cm³/mol. The number of fused-ring (bicyclic) bond motifs is 2. The lowest BCUT2D eigenvalue weighted by molar-refractivity contribution is -0.115. The van der Waals surface area contributed by atoms with Gasteiger partial charge in [0, 0.05) is 23.6 Å². The van der Waals surface area contributed by atoms with Crippen LogP contribution in [-0.2, 0) is 48.3 Å². The fraction of sp³-hybridized carbons (Fsp3) is 0.391. The number of ether oxygens (including phenoxy) is 2. The number of methoxy groups -OCH3 is 2. The number of thiophene rings is 1. The van der Waals surface area contributed by atoms with Crippen LogP contribution in [0.15, 0.2) is 23.2 Å². The van der Waals surface area contributed by atoms with Gasteiger partial charge in [-0.3, -0.25) is 9.59 Å². The van der Waals surface area contributed by atoms with Crippen LogP contribution in [0.1, 0.15) is 27.2 Å². The van der Waals surface area contributed by atoms with E-state index in [1.54, 1.807) is 29.9 Å². The molecule has 37 heavy (non-hydrogen) atoms. The third kappa shape index (κ3) is 6.29. The fourth-order valence-electron chi connectivity index (χ4n) is 4.08. The molecule has 198 valence electrons. The van der Waals surface area contributed by atoms with Crippen LogP contribution >= 0.6 is 34.3 Å². The van der Waals surface area contributed by atoms with Crippen LogP contribution in [-0.4, -0.2) is 63.1 Å². The van der Waals surface area contributed by atoms with Gasteiger partial charge in [-0.15, -0.1) is 11.3 Å². The molecular formula is C23H24ClN3O7S3. The second-order valence-electron chi connectivity index (χ2n) is 8.28. The number of rotatable bonds is 9. The Bertz CT molecular complexity index is 1550. The van der Waals surface area contributed by atoms with Gasteiger partial charge in [0.25, 0.3) is 5.91 Å². The fourth-order valence-corrected chi connectivity index (χ4v) is 7.74. The van der Waals surface area contributed by atoms with Crippen LogP contribution in [0.2, 0.25) is 5.02 Å². The Hall–Kier alpha value is -2.58. The van der Waals surface area contributed by atoms with Gasteiger partial charge in [0.15, 0.2) is 14.6 Å². The number of carbonyl (C=O) groups is 3. The summed E-state index contributed by atoms with van der Waals surface area (Å²) < 4.78 is 37.8. The van der Waals surface area contributed by atoms with Crippen LogP contribution in [0.3, 0.4) is 0 Å². The number of nitrogens with one attached hydrogen (secondary N) is 1. The molecule has 2 amide bonds. The van der Waals surface area contributed by atoms with Gasteiger partial charge in [-0.25, -0.2) is 13.2 Å². The van der Waals surface area contributed by atoms with E-state index in [-0.39, 0.29) is 10.6 Å². The first-order valence-corrected chi connectivity index (χ1v) is 15.0. The van der Waals surface area contributed by atoms with Gasteiger partial charge in [-0.1, -0.05) is 22.9 Å². The van der Waals surface area contributed by atoms with Crippen molar-refractivity contribution in [2.75, 3.05) is 37.6 Å².